The molecular weight excluding hydrogens is 210 g/mol. The quantitative estimate of drug-likeness (QED) is 0.545. The van der Waals surface area contributed by atoms with Crippen LogP contribution in [0.5, 0.6) is 0 Å². The monoisotopic (exact) mass is 231 g/mol. The van der Waals surface area contributed by atoms with Crippen LogP contribution in [-0.2, 0) is 0 Å². The maximum absolute atomic E-state index is 4.26. The van der Waals surface area contributed by atoms with Gasteiger partial charge in [0.1, 0.15) is 0 Å². The molecule has 3 heteroatoms. The minimum Gasteiger partial charge on any atom is -0.290 e. The van der Waals surface area contributed by atoms with Crippen molar-refractivity contribution in [3.05, 3.63) is 0 Å². The molecule has 82 valence electrons. The average molecular weight is 231 g/mol. The standard InChI is InChI=1S/C11H21NS2/c1-11(6-9-14(2)10-13)12-7-4-3-5-8-12/h11,13-14H,3-5,7-8,10H2,1-2H3/t11-/m0/s1. The normalized spacial score (nSPS) is 23.5. The maximum Gasteiger partial charge on any atom is 0.0694 e. The Bertz CT molecular complexity index is 213. The topological polar surface area (TPSA) is 3.24 Å². The fourth-order valence-corrected chi connectivity index (χ4v) is 2.33. The zero-order chi connectivity index (χ0) is 10.4. The molecule has 1 heterocycles. The molecule has 0 aromatic carbocycles. The lowest BCUT2D eigenvalue weighted by Gasteiger charge is -2.29. The molecule has 1 nitrogen and oxygen atoms in total. The number of piperidine rings is 1. The number of hydrogen-bond donors (Lipinski definition) is 2. The molecule has 1 saturated heterocycles. The smallest absolute Gasteiger partial charge is 0.0694 e. The molecule has 1 unspecified atom stereocenters. The van der Waals surface area contributed by atoms with Crippen molar-refractivity contribution >= 4 is 23.5 Å². The third kappa shape index (κ3) is 4.16. The van der Waals surface area contributed by atoms with Gasteiger partial charge in [-0.25, -0.2) is 0 Å². The molecule has 0 aromatic heterocycles. The van der Waals surface area contributed by atoms with Crippen LogP contribution in [0.2, 0.25) is 0 Å². The highest BCUT2D eigenvalue weighted by Gasteiger charge is 2.14. The molecule has 0 amide bonds. The largest absolute Gasteiger partial charge is 0.290 e. The molecule has 0 aromatic rings. The maximum atomic E-state index is 4.26. The summed E-state index contributed by atoms with van der Waals surface area (Å²) in [4.78, 5) is 2.50. The number of thiol groups is 2. The first-order valence-corrected chi connectivity index (χ1v) is 7.92. The first kappa shape index (κ1) is 12.3. The lowest BCUT2D eigenvalue weighted by Crippen LogP contribution is -2.36. The number of hydrogen-bond acceptors (Lipinski definition) is 2. The van der Waals surface area contributed by atoms with E-state index in [-0.39, 0.29) is 10.9 Å². The number of nitrogens with zero attached hydrogens (tertiary/aromatic N) is 1. The van der Waals surface area contributed by atoms with Gasteiger partial charge in [0.05, 0.1) is 6.04 Å². The molecule has 1 fully saturated rings. The van der Waals surface area contributed by atoms with E-state index in [1.54, 1.807) is 0 Å². The predicted molar refractivity (Wildman–Crippen MR) is 71.4 cm³/mol. The van der Waals surface area contributed by atoms with E-state index < -0.39 is 0 Å². The minimum atomic E-state index is -0.155. The van der Waals surface area contributed by atoms with Crippen LogP contribution in [0.3, 0.4) is 0 Å². The second-order valence-electron chi connectivity index (χ2n) is 3.87. The van der Waals surface area contributed by atoms with Crippen LogP contribution in [0.15, 0.2) is 0 Å². The predicted octanol–water partition coefficient (Wildman–Crippen LogP) is 2.34. The van der Waals surface area contributed by atoms with Crippen molar-refractivity contribution in [2.75, 3.05) is 24.4 Å². The molecule has 0 spiro atoms. The van der Waals surface area contributed by atoms with Gasteiger partial charge in [-0.05, 0) is 39.1 Å². The molecule has 0 bridgehead atoms. The van der Waals surface area contributed by atoms with Gasteiger partial charge in [-0.1, -0.05) is 17.6 Å². The average Bonchev–Trinajstić information content (AvgIpc) is 2.26. The van der Waals surface area contributed by atoms with Crippen molar-refractivity contribution in [2.45, 2.75) is 32.2 Å². The number of likely N-dealkylation sites (tertiary alicyclic amines) is 1. The first-order valence-electron chi connectivity index (χ1n) is 5.31. The summed E-state index contributed by atoms with van der Waals surface area (Å²) in [5.41, 5.74) is 0. The highest BCUT2D eigenvalue weighted by molar-refractivity contribution is 8.26. The minimum absolute atomic E-state index is 0.155. The zero-order valence-corrected chi connectivity index (χ0v) is 11.0. The van der Waals surface area contributed by atoms with Crippen molar-refractivity contribution in [1.29, 1.82) is 0 Å². The van der Waals surface area contributed by atoms with Crippen molar-refractivity contribution in [3.8, 4) is 11.2 Å². The fourth-order valence-electron chi connectivity index (χ4n) is 1.64. The van der Waals surface area contributed by atoms with Gasteiger partial charge in [0.15, 0.2) is 0 Å². The highest BCUT2D eigenvalue weighted by Crippen LogP contribution is 2.18. The summed E-state index contributed by atoms with van der Waals surface area (Å²) in [6.45, 7) is 4.69. The van der Waals surface area contributed by atoms with Crippen LogP contribution in [-0.4, -0.2) is 35.4 Å². The van der Waals surface area contributed by atoms with Crippen molar-refractivity contribution in [1.82, 2.24) is 4.90 Å². The molecule has 2 atom stereocenters. The first-order chi connectivity index (χ1) is 6.74. The lowest BCUT2D eigenvalue weighted by atomic mass is 10.1. The Morgan fingerprint density at radius 2 is 2.00 bits per heavy atom. The van der Waals surface area contributed by atoms with Gasteiger partial charge in [-0.15, -0.1) is 0 Å². The SMILES string of the molecule is C[C@@H](C#C[SH](C)CS)N1CCCCC1. The Labute approximate surface area is 96.4 Å². The molecule has 1 aliphatic rings. The van der Waals surface area contributed by atoms with Crippen LogP contribution in [0.25, 0.3) is 0 Å². The van der Waals surface area contributed by atoms with Gasteiger partial charge in [-0.3, -0.25) is 4.90 Å². The molecule has 0 N–H and O–H groups in total. The molecular formula is C11H21NS2. The fraction of sp³-hybridized carbons (Fsp3) is 0.818. The Morgan fingerprint density at radius 1 is 1.36 bits per heavy atom. The molecule has 0 saturated carbocycles. The van der Waals surface area contributed by atoms with E-state index in [1.807, 2.05) is 0 Å². The molecule has 0 aliphatic carbocycles. The summed E-state index contributed by atoms with van der Waals surface area (Å²) in [5, 5.41) is 4.25. The summed E-state index contributed by atoms with van der Waals surface area (Å²) in [5.74, 6) is 3.36. The summed E-state index contributed by atoms with van der Waals surface area (Å²) in [6.07, 6.45) is 6.28. The van der Waals surface area contributed by atoms with Gasteiger partial charge in [0.25, 0.3) is 0 Å². The molecule has 1 aliphatic heterocycles. The van der Waals surface area contributed by atoms with Gasteiger partial charge < -0.3 is 0 Å². The van der Waals surface area contributed by atoms with E-state index >= 15 is 0 Å². The Hall–Kier alpha value is 0.220. The second-order valence-corrected chi connectivity index (χ2v) is 6.62. The van der Waals surface area contributed by atoms with Crippen molar-refractivity contribution in [3.63, 3.8) is 0 Å². The van der Waals surface area contributed by atoms with Crippen molar-refractivity contribution < 1.29 is 0 Å². The summed E-state index contributed by atoms with van der Waals surface area (Å²) < 4.78 is 0. The van der Waals surface area contributed by atoms with Crippen LogP contribution in [0, 0.1) is 11.2 Å². The molecule has 1 rings (SSSR count). The van der Waals surface area contributed by atoms with Crippen LogP contribution in [0.1, 0.15) is 26.2 Å². The Balaban J connectivity index is 2.38. The van der Waals surface area contributed by atoms with E-state index in [0.717, 1.165) is 5.08 Å². The van der Waals surface area contributed by atoms with Crippen LogP contribution in [0.4, 0.5) is 0 Å². The van der Waals surface area contributed by atoms with E-state index in [1.165, 1.54) is 32.4 Å². The van der Waals surface area contributed by atoms with E-state index in [2.05, 4.69) is 41.9 Å². The van der Waals surface area contributed by atoms with Gasteiger partial charge in [0, 0.05) is 5.08 Å². The highest BCUT2D eigenvalue weighted by atomic mass is 32.2. The van der Waals surface area contributed by atoms with Gasteiger partial charge >= 0.3 is 0 Å². The van der Waals surface area contributed by atoms with E-state index in [0.29, 0.717) is 6.04 Å². The molecule has 0 radical (unpaired) electrons. The Morgan fingerprint density at radius 3 is 2.57 bits per heavy atom. The van der Waals surface area contributed by atoms with E-state index in [9.17, 15) is 0 Å². The number of rotatable bonds is 2. The van der Waals surface area contributed by atoms with Gasteiger partial charge in [-0.2, -0.15) is 23.5 Å². The van der Waals surface area contributed by atoms with E-state index in [4.69, 9.17) is 0 Å². The zero-order valence-electron chi connectivity index (χ0n) is 9.16. The van der Waals surface area contributed by atoms with Crippen LogP contribution < -0.4 is 0 Å². The third-order valence-corrected chi connectivity index (χ3v) is 4.82. The summed E-state index contributed by atoms with van der Waals surface area (Å²) in [7, 11) is -0.155. The second kappa shape index (κ2) is 6.66. The van der Waals surface area contributed by atoms with Gasteiger partial charge in [0.2, 0.25) is 0 Å². The summed E-state index contributed by atoms with van der Waals surface area (Å²) in [6, 6.07) is 0.445. The summed E-state index contributed by atoms with van der Waals surface area (Å²) >= 11 is 4.26. The molecule has 14 heavy (non-hydrogen) atoms. The van der Waals surface area contributed by atoms with Crippen molar-refractivity contribution in [2.24, 2.45) is 0 Å². The Kier molecular flexibility index (Phi) is 5.84. The lowest BCUT2D eigenvalue weighted by molar-refractivity contribution is 0.206. The third-order valence-electron chi connectivity index (χ3n) is 2.61. The van der Waals surface area contributed by atoms with Crippen LogP contribution >= 0.6 is 23.5 Å².